The van der Waals surface area contributed by atoms with Gasteiger partial charge in [0.05, 0.1) is 0 Å². The molecule has 0 heterocycles. The molecule has 3 atom stereocenters. The molecule has 2 aromatic carbocycles. The Morgan fingerprint density at radius 1 is 1.16 bits per heavy atom. The molecule has 3 rings (SSSR count). The third-order valence-corrected chi connectivity index (χ3v) is 4.32. The fourth-order valence-corrected chi connectivity index (χ4v) is 3.04. The molecule has 1 saturated carbocycles. The van der Waals surface area contributed by atoms with Gasteiger partial charge in [-0.3, -0.25) is 0 Å². The van der Waals surface area contributed by atoms with Crippen LogP contribution in [0.15, 0.2) is 42.5 Å². The molecule has 100 valence electrons. The van der Waals surface area contributed by atoms with Crippen LogP contribution in [-0.2, 0) is 0 Å². The van der Waals surface area contributed by atoms with Gasteiger partial charge in [0, 0.05) is 12.1 Å². The maximum absolute atomic E-state index is 3.77. The predicted molar refractivity (Wildman–Crippen MR) is 82.3 cm³/mol. The van der Waals surface area contributed by atoms with Crippen LogP contribution < -0.4 is 5.32 Å². The summed E-state index contributed by atoms with van der Waals surface area (Å²) >= 11 is 0. The number of rotatable bonds is 5. The first-order valence-corrected chi connectivity index (χ1v) is 7.52. The molecule has 1 aliphatic carbocycles. The van der Waals surface area contributed by atoms with Gasteiger partial charge in [0.1, 0.15) is 0 Å². The van der Waals surface area contributed by atoms with Gasteiger partial charge < -0.3 is 5.32 Å². The van der Waals surface area contributed by atoms with Gasteiger partial charge in [-0.25, -0.2) is 0 Å². The van der Waals surface area contributed by atoms with Crippen LogP contribution in [0.1, 0.15) is 44.7 Å². The maximum atomic E-state index is 3.77. The zero-order valence-electron chi connectivity index (χ0n) is 11.9. The summed E-state index contributed by atoms with van der Waals surface area (Å²) in [4.78, 5) is 0. The fraction of sp³-hybridized carbons (Fsp3) is 0.444. The molecule has 0 aromatic heterocycles. The van der Waals surface area contributed by atoms with Crippen LogP contribution >= 0.6 is 0 Å². The van der Waals surface area contributed by atoms with Gasteiger partial charge in [-0.15, -0.1) is 0 Å². The van der Waals surface area contributed by atoms with Gasteiger partial charge in [0.15, 0.2) is 0 Å². The number of nitrogens with one attached hydrogen (secondary N) is 1. The third kappa shape index (κ3) is 2.82. The molecule has 0 saturated heterocycles. The number of fused-ring (bicyclic) bond motifs is 1. The quantitative estimate of drug-likeness (QED) is 0.816. The second-order valence-electron chi connectivity index (χ2n) is 5.89. The molecule has 19 heavy (non-hydrogen) atoms. The lowest BCUT2D eigenvalue weighted by Gasteiger charge is -2.15. The molecule has 3 unspecified atom stereocenters. The molecule has 0 aliphatic heterocycles. The summed E-state index contributed by atoms with van der Waals surface area (Å²) in [5, 5.41) is 6.44. The van der Waals surface area contributed by atoms with Crippen LogP contribution in [-0.4, -0.2) is 6.04 Å². The summed E-state index contributed by atoms with van der Waals surface area (Å²) in [5.74, 6) is 0.924. The van der Waals surface area contributed by atoms with Crippen molar-refractivity contribution >= 4 is 10.8 Å². The van der Waals surface area contributed by atoms with Crippen LogP contribution in [0.2, 0.25) is 0 Å². The first-order valence-electron chi connectivity index (χ1n) is 7.52. The molecule has 0 spiro atoms. The highest BCUT2D eigenvalue weighted by atomic mass is 15.0. The van der Waals surface area contributed by atoms with Crippen LogP contribution in [0.3, 0.4) is 0 Å². The highest BCUT2D eigenvalue weighted by Crippen LogP contribution is 2.36. The summed E-state index contributed by atoms with van der Waals surface area (Å²) < 4.78 is 0. The largest absolute Gasteiger partial charge is 0.307 e. The van der Waals surface area contributed by atoms with Crippen LogP contribution in [0, 0.1) is 5.92 Å². The predicted octanol–water partition coefficient (Wildman–Crippen LogP) is 4.68. The Balaban J connectivity index is 1.70. The number of hydrogen-bond donors (Lipinski definition) is 1. The minimum absolute atomic E-state index is 0.455. The standard InChI is InChI=1S/C18H23N/c1-3-6-17-12-18(17)19-13(2)15-10-9-14-7-4-5-8-16(14)11-15/h4-5,7-11,13,17-19H,3,6,12H2,1-2H3. The molecular weight excluding hydrogens is 230 g/mol. The molecular formula is C18H23N. The van der Waals surface area contributed by atoms with Gasteiger partial charge in [0.2, 0.25) is 0 Å². The van der Waals surface area contributed by atoms with E-state index in [-0.39, 0.29) is 0 Å². The van der Waals surface area contributed by atoms with E-state index in [1.807, 2.05) is 0 Å². The SMILES string of the molecule is CCCC1CC1NC(C)c1ccc2ccccc2c1. The van der Waals surface area contributed by atoms with Gasteiger partial charge in [-0.05, 0) is 48.1 Å². The Morgan fingerprint density at radius 3 is 2.74 bits per heavy atom. The van der Waals surface area contributed by atoms with E-state index in [9.17, 15) is 0 Å². The summed E-state index contributed by atoms with van der Waals surface area (Å²) in [6, 6.07) is 16.6. The van der Waals surface area contributed by atoms with Crippen LogP contribution in [0.25, 0.3) is 10.8 Å². The van der Waals surface area contributed by atoms with Crippen LogP contribution in [0.5, 0.6) is 0 Å². The molecule has 2 aromatic rings. The fourth-order valence-electron chi connectivity index (χ4n) is 3.04. The van der Waals surface area contributed by atoms with Gasteiger partial charge in [-0.1, -0.05) is 49.7 Å². The first-order chi connectivity index (χ1) is 9.28. The minimum atomic E-state index is 0.455. The Hall–Kier alpha value is -1.34. The molecule has 0 radical (unpaired) electrons. The van der Waals surface area contributed by atoms with Crippen molar-refractivity contribution in [3.05, 3.63) is 48.0 Å². The molecule has 1 nitrogen and oxygen atoms in total. The van der Waals surface area contributed by atoms with Crippen molar-refractivity contribution in [2.24, 2.45) is 5.92 Å². The number of hydrogen-bond acceptors (Lipinski definition) is 1. The lowest BCUT2D eigenvalue weighted by Crippen LogP contribution is -2.22. The maximum Gasteiger partial charge on any atom is 0.0294 e. The van der Waals surface area contributed by atoms with Crippen molar-refractivity contribution in [3.8, 4) is 0 Å². The van der Waals surface area contributed by atoms with E-state index in [2.05, 4.69) is 61.6 Å². The lowest BCUT2D eigenvalue weighted by molar-refractivity contribution is 0.530. The summed E-state index contributed by atoms with van der Waals surface area (Å²) in [5.41, 5.74) is 1.40. The Morgan fingerprint density at radius 2 is 1.95 bits per heavy atom. The highest BCUT2D eigenvalue weighted by Gasteiger charge is 2.36. The molecule has 1 heteroatoms. The Kier molecular flexibility index (Phi) is 3.56. The second kappa shape index (κ2) is 5.34. The van der Waals surface area contributed by atoms with Crippen molar-refractivity contribution in [3.63, 3.8) is 0 Å². The van der Waals surface area contributed by atoms with Gasteiger partial charge in [-0.2, -0.15) is 0 Å². The van der Waals surface area contributed by atoms with E-state index in [0.29, 0.717) is 6.04 Å². The van der Waals surface area contributed by atoms with Gasteiger partial charge >= 0.3 is 0 Å². The zero-order chi connectivity index (χ0) is 13.2. The average Bonchev–Trinajstić information content (AvgIpc) is 3.16. The Bertz CT molecular complexity index is 560. The topological polar surface area (TPSA) is 12.0 Å². The smallest absolute Gasteiger partial charge is 0.0294 e. The Labute approximate surface area is 116 Å². The van der Waals surface area contributed by atoms with Crippen molar-refractivity contribution in [2.45, 2.75) is 45.2 Å². The van der Waals surface area contributed by atoms with Crippen LogP contribution in [0.4, 0.5) is 0 Å². The van der Waals surface area contributed by atoms with Gasteiger partial charge in [0.25, 0.3) is 0 Å². The summed E-state index contributed by atoms with van der Waals surface area (Å²) in [6.07, 6.45) is 4.06. The van der Waals surface area contributed by atoms with E-state index >= 15 is 0 Å². The van der Waals surface area contributed by atoms with Crippen molar-refractivity contribution in [1.29, 1.82) is 0 Å². The third-order valence-electron chi connectivity index (χ3n) is 4.32. The lowest BCUT2D eigenvalue weighted by atomic mass is 10.0. The molecule has 1 N–H and O–H groups in total. The monoisotopic (exact) mass is 253 g/mol. The summed E-state index contributed by atoms with van der Waals surface area (Å²) in [6.45, 7) is 4.56. The number of benzene rings is 2. The van der Waals surface area contributed by atoms with E-state index < -0.39 is 0 Å². The highest BCUT2D eigenvalue weighted by molar-refractivity contribution is 5.83. The van der Waals surface area contributed by atoms with E-state index in [1.165, 1.54) is 35.6 Å². The molecule has 0 bridgehead atoms. The van der Waals surface area contributed by atoms with Crippen molar-refractivity contribution < 1.29 is 0 Å². The van der Waals surface area contributed by atoms with E-state index in [0.717, 1.165) is 12.0 Å². The normalized spacial score (nSPS) is 23.5. The summed E-state index contributed by atoms with van der Waals surface area (Å²) in [7, 11) is 0. The molecule has 1 aliphatic rings. The second-order valence-corrected chi connectivity index (χ2v) is 5.89. The van der Waals surface area contributed by atoms with E-state index in [1.54, 1.807) is 0 Å². The average molecular weight is 253 g/mol. The van der Waals surface area contributed by atoms with E-state index in [4.69, 9.17) is 0 Å². The van der Waals surface area contributed by atoms with Crippen molar-refractivity contribution in [2.75, 3.05) is 0 Å². The first kappa shape index (κ1) is 12.7. The molecule has 0 amide bonds. The molecule has 1 fully saturated rings. The minimum Gasteiger partial charge on any atom is -0.307 e. The zero-order valence-corrected chi connectivity index (χ0v) is 11.9. The van der Waals surface area contributed by atoms with Crippen molar-refractivity contribution in [1.82, 2.24) is 5.32 Å².